The van der Waals surface area contributed by atoms with Crippen LogP contribution < -0.4 is 9.64 Å². The number of hydrogen-bond donors (Lipinski definition) is 0. The van der Waals surface area contributed by atoms with E-state index in [0.29, 0.717) is 24.4 Å². The summed E-state index contributed by atoms with van der Waals surface area (Å²) in [4.78, 5) is 37.7. The summed E-state index contributed by atoms with van der Waals surface area (Å²) in [6.45, 7) is 2.84. The largest absolute Gasteiger partial charge is 0.497 e. The van der Waals surface area contributed by atoms with Crippen LogP contribution in [0.15, 0.2) is 54.4 Å². The number of amides is 2. The van der Waals surface area contributed by atoms with Gasteiger partial charge in [-0.25, -0.2) is 4.98 Å². The maximum atomic E-state index is 13.7. The van der Waals surface area contributed by atoms with E-state index in [2.05, 4.69) is 14.8 Å². The molecule has 0 N–H and O–H groups in total. The monoisotopic (exact) mass is 446 g/mol. The molecular weight excluding hydrogens is 416 g/mol. The molecule has 5 rings (SSSR count). The number of carbonyl (C=O) groups excluding carboxylic acids is 2. The number of nitrogens with zero attached hydrogens (tertiary/aromatic N) is 4. The van der Waals surface area contributed by atoms with Crippen LogP contribution in [0.1, 0.15) is 37.7 Å². The second-order valence-corrected chi connectivity index (χ2v) is 8.89. The number of anilines is 1. The molecule has 7 heteroatoms. The molecule has 2 fully saturated rings. The second-order valence-electron chi connectivity index (χ2n) is 8.89. The zero-order chi connectivity index (χ0) is 22.8. The summed E-state index contributed by atoms with van der Waals surface area (Å²) in [5.74, 6) is 1.38. The van der Waals surface area contributed by atoms with Crippen LogP contribution in [0.4, 0.5) is 5.82 Å². The highest BCUT2D eigenvalue weighted by Gasteiger charge is 2.45. The van der Waals surface area contributed by atoms with Crippen molar-refractivity contribution in [1.82, 2.24) is 14.8 Å². The second kappa shape index (κ2) is 9.25. The van der Waals surface area contributed by atoms with Crippen LogP contribution in [0.25, 0.3) is 5.57 Å². The highest BCUT2D eigenvalue weighted by molar-refractivity contribution is 6.35. The van der Waals surface area contributed by atoms with Crippen molar-refractivity contribution in [3.8, 4) is 5.75 Å². The minimum absolute atomic E-state index is 0.000642. The van der Waals surface area contributed by atoms with E-state index in [1.807, 2.05) is 42.5 Å². The first-order valence-electron chi connectivity index (χ1n) is 11.8. The molecule has 3 heterocycles. The van der Waals surface area contributed by atoms with Crippen LogP contribution >= 0.6 is 0 Å². The molecule has 2 aromatic rings. The first-order valence-corrected chi connectivity index (χ1v) is 11.8. The maximum absolute atomic E-state index is 13.7. The molecule has 0 spiro atoms. The zero-order valence-electron chi connectivity index (χ0n) is 19.1. The Bertz CT molecular complexity index is 1040. The number of pyridine rings is 1. The minimum atomic E-state index is -0.153. The first kappa shape index (κ1) is 21.5. The molecule has 33 heavy (non-hydrogen) atoms. The van der Waals surface area contributed by atoms with E-state index in [4.69, 9.17) is 4.74 Å². The third-order valence-electron chi connectivity index (χ3n) is 6.98. The number of rotatable bonds is 5. The van der Waals surface area contributed by atoms with Crippen molar-refractivity contribution in [1.29, 1.82) is 0 Å². The molecule has 0 radical (unpaired) electrons. The van der Waals surface area contributed by atoms with Gasteiger partial charge in [-0.15, -0.1) is 0 Å². The van der Waals surface area contributed by atoms with Gasteiger partial charge in [0.1, 0.15) is 17.3 Å². The van der Waals surface area contributed by atoms with Crippen molar-refractivity contribution in [3.05, 3.63) is 59.9 Å². The third-order valence-corrected chi connectivity index (χ3v) is 6.98. The number of aromatic nitrogens is 1. The van der Waals surface area contributed by atoms with Gasteiger partial charge in [-0.05, 0) is 42.7 Å². The van der Waals surface area contributed by atoms with E-state index in [0.717, 1.165) is 55.9 Å². The van der Waals surface area contributed by atoms with E-state index in [-0.39, 0.29) is 17.9 Å². The van der Waals surface area contributed by atoms with Gasteiger partial charge in [0.2, 0.25) is 0 Å². The Balaban J connectivity index is 1.45. The SMILES string of the molecule is COc1ccc(C2=C(N3CCN(c4ccccn4)CC3)C(=O)N(C3CCCCC3)C2=O)cc1. The Morgan fingerprint density at radius 3 is 2.18 bits per heavy atom. The molecule has 7 nitrogen and oxygen atoms in total. The van der Waals surface area contributed by atoms with Crippen molar-refractivity contribution in [3.63, 3.8) is 0 Å². The molecule has 0 unspecified atom stereocenters. The number of methoxy groups -OCH3 is 1. The number of ether oxygens (including phenoxy) is 1. The highest BCUT2D eigenvalue weighted by atomic mass is 16.5. The van der Waals surface area contributed by atoms with E-state index in [1.165, 1.54) is 6.42 Å². The molecule has 0 atom stereocenters. The molecule has 2 amide bonds. The van der Waals surface area contributed by atoms with Crippen LogP contribution in [0, 0.1) is 0 Å². The number of imide groups is 1. The number of hydrogen-bond acceptors (Lipinski definition) is 6. The van der Waals surface area contributed by atoms with Crippen LogP contribution in [0.3, 0.4) is 0 Å². The summed E-state index contributed by atoms with van der Waals surface area (Å²) in [5.41, 5.74) is 1.85. The van der Waals surface area contributed by atoms with Crippen molar-refractivity contribution in [2.24, 2.45) is 0 Å². The standard InChI is InChI=1S/C26H30N4O3/c1-33-21-12-10-19(11-13-21)23-24(26(32)30(25(23)31)20-7-3-2-4-8-20)29-17-15-28(16-18-29)22-9-5-6-14-27-22/h5-6,9-14,20H,2-4,7-8,15-18H2,1H3. The molecule has 3 aliphatic rings. The lowest BCUT2D eigenvalue weighted by Gasteiger charge is -2.37. The molecule has 1 aliphatic carbocycles. The smallest absolute Gasteiger partial charge is 0.278 e. The number of carbonyl (C=O) groups is 2. The summed E-state index contributed by atoms with van der Waals surface area (Å²) in [7, 11) is 1.62. The molecule has 2 aliphatic heterocycles. The summed E-state index contributed by atoms with van der Waals surface area (Å²) in [6.07, 6.45) is 6.90. The molecule has 172 valence electrons. The maximum Gasteiger partial charge on any atom is 0.278 e. The van der Waals surface area contributed by atoms with Gasteiger partial charge >= 0.3 is 0 Å². The third kappa shape index (κ3) is 4.08. The van der Waals surface area contributed by atoms with E-state index < -0.39 is 0 Å². The summed E-state index contributed by atoms with van der Waals surface area (Å²) >= 11 is 0. The summed E-state index contributed by atoms with van der Waals surface area (Å²) in [6, 6.07) is 13.4. The predicted octanol–water partition coefficient (Wildman–Crippen LogP) is 3.33. The van der Waals surface area contributed by atoms with Crippen LogP contribution in [-0.2, 0) is 9.59 Å². The van der Waals surface area contributed by atoms with Crippen LogP contribution in [-0.4, -0.2) is 65.9 Å². The van der Waals surface area contributed by atoms with Gasteiger partial charge in [0.05, 0.1) is 12.7 Å². The topological polar surface area (TPSA) is 66.0 Å². The predicted molar refractivity (Wildman–Crippen MR) is 127 cm³/mol. The van der Waals surface area contributed by atoms with Crippen molar-refractivity contribution >= 4 is 23.2 Å². The van der Waals surface area contributed by atoms with E-state index >= 15 is 0 Å². The van der Waals surface area contributed by atoms with Crippen molar-refractivity contribution < 1.29 is 14.3 Å². The lowest BCUT2D eigenvalue weighted by atomic mass is 9.94. The Hall–Kier alpha value is -3.35. The normalized spacial score (nSPS) is 20.1. The van der Waals surface area contributed by atoms with Gasteiger partial charge in [-0.1, -0.05) is 37.5 Å². The fourth-order valence-corrected chi connectivity index (χ4v) is 5.22. The fraction of sp³-hybridized carbons (Fsp3) is 0.423. The van der Waals surface area contributed by atoms with Gasteiger partial charge in [-0.2, -0.15) is 0 Å². The van der Waals surface area contributed by atoms with Gasteiger partial charge in [0.25, 0.3) is 11.8 Å². The van der Waals surface area contributed by atoms with Gasteiger partial charge < -0.3 is 14.5 Å². The van der Waals surface area contributed by atoms with Gasteiger partial charge in [0, 0.05) is 38.4 Å². The van der Waals surface area contributed by atoms with Crippen LogP contribution in [0.5, 0.6) is 5.75 Å². The lowest BCUT2D eigenvalue weighted by Crippen LogP contribution is -2.49. The molecule has 0 bridgehead atoms. The summed E-state index contributed by atoms with van der Waals surface area (Å²) < 4.78 is 5.29. The molecule has 1 saturated carbocycles. The average Bonchev–Trinajstić information content (AvgIpc) is 3.15. The van der Waals surface area contributed by atoms with Crippen molar-refractivity contribution in [2.45, 2.75) is 38.1 Å². The number of benzene rings is 1. The quantitative estimate of drug-likeness (QED) is 0.657. The van der Waals surface area contributed by atoms with E-state index in [9.17, 15) is 9.59 Å². The van der Waals surface area contributed by atoms with E-state index in [1.54, 1.807) is 18.2 Å². The lowest BCUT2D eigenvalue weighted by molar-refractivity contribution is -0.141. The zero-order valence-corrected chi connectivity index (χ0v) is 19.1. The molecule has 1 aromatic carbocycles. The Morgan fingerprint density at radius 1 is 0.848 bits per heavy atom. The molecular formula is C26H30N4O3. The Morgan fingerprint density at radius 2 is 1.55 bits per heavy atom. The first-order chi connectivity index (χ1) is 16.2. The van der Waals surface area contributed by atoms with Crippen molar-refractivity contribution in [2.75, 3.05) is 38.2 Å². The Labute approximate surface area is 194 Å². The minimum Gasteiger partial charge on any atom is -0.497 e. The molecule has 1 saturated heterocycles. The fourth-order valence-electron chi connectivity index (χ4n) is 5.22. The molecule has 1 aromatic heterocycles. The average molecular weight is 447 g/mol. The van der Waals surface area contributed by atoms with Gasteiger partial charge in [-0.3, -0.25) is 14.5 Å². The Kier molecular flexibility index (Phi) is 6.03. The number of piperazine rings is 1. The van der Waals surface area contributed by atoms with Gasteiger partial charge in [0.15, 0.2) is 0 Å². The van der Waals surface area contributed by atoms with Crippen LogP contribution in [0.2, 0.25) is 0 Å². The summed E-state index contributed by atoms with van der Waals surface area (Å²) in [5, 5.41) is 0. The highest BCUT2D eigenvalue weighted by Crippen LogP contribution is 2.37.